The number of rotatable bonds is 5. The molecule has 1 aromatic carbocycles. The second-order valence-electron chi connectivity index (χ2n) is 6.04. The Bertz CT molecular complexity index is 562. The minimum absolute atomic E-state index is 0.671. The van der Waals surface area contributed by atoms with Crippen molar-refractivity contribution in [3.8, 4) is 5.69 Å². The number of nitrogens with zero attached hydrogens (tertiary/aromatic N) is 2. The van der Waals surface area contributed by atoms with Crippen molar-refractivity contribution in [2.45, 2.75) is 41.2 Å². The fourth-order valence-corrected chi connectivity index (χ4v) is 2.45. The van der Waals surface area contributed by atoms with Crippen molar-refractivity contribution in [2.75, 3.05) is 6.54 Å². The molecular formula is C17H25N3. The monoisotopic (exact) mass is 271 g/mol. The number of benzene rings is 1. The molecule has 0 unspecified atom stereocenters. The molecule has 0 atom stereocenters. The lowest BCUT2D eigenvalue weighted by Crippen LogP contribution is -2.19. The summed E-state index contributed by atoms with van der Waals surface area (Å²) in [7, 11) is 0. The van der Waals surface area contributed by atoms with Crippen molar-refractivity contribution < 1.29 is 0 Å². The molecule has 0 radical (unpaired) electrons. The number of hydrogen-bond donors (Lipinski definition) is 1. The predicted octanol–water partition coefficient (Wildman–Crippen LogP) is 3.54. The van der Waals surface area contributed by atoms with Crippen molar-refractivity contribution >= 4 is 0 Å². The molecule has 1 N–H and O–H groups in total. The molecule has 3 heteroatoms. The zero-order chi connectivity index (χ0) is 14.7. The van der Waals surface area contributed by atoms with Gasteiger partial charge in [-0.1, -0.05) is 19.9 Å². The fraction of sp³-hybridized carbons (Fsp3) is 0.471. The van der Waals surface area contributed by atoms with Gasteiger partial charge in [0.25, 0.3) is 0 Å². The van der Waals surface area contributed by atoms with Crippen LogP contribution in [0.15, 0.2) is 24.4 Å². The summed E-state index contributed by atoms with van der Waals surface area (Å²) < 4.78 is 2.03. The Labute approximate surface area is 122 Å². The van der Waals surface area contributed by atoms with Crippen molar-refractivity contribution in [3.05, 3.63) is 46.8 Å². The van der Waals surface area contributed by atoms with Crippen LogP contribution in [0.1, 0.15) is 36.2 Å². The van der Waals surface area contributed by atoms with Gasteiger partial charge in [0.1, 0.15) is 0 Å². The molecule has 0 aliphatic carbocycles. The molecule has 0 saturated carbocycles. The Hall–Kier alpha value is -1.61. The molecule has 0 aliphatic rings. The van der Waals surface area contributed by atoms with Crippen LogP contribution in [-0.4, -0.2) is 16.3 Å². The van der Waals surface area contributed by atoms with Gasteiger partial charge in [0.2, 0.25) is 0 Å². The molecule has 108 valence electrons. The van der Waals surface area contributed by atoms with E-state index in [-0.39, 0.29) is 0 Å². The lowest BCUT2D eigenvalue weighted by Gasteiger charge is -2.09. The lowest BCUT2D eigenvalue weighted by atomic mass is 10.1. The summed E-state index contributed by atoms with van der Waals surface area (Å²) >= 11 is 0. The largest absolute Gasteiger partial charge is 0.312 e. The maximum atomic E-state index is 4.54. The van der Waals surface area contributed by atoms with Crippen LogP contribution in [-0.2, 0) is 6.54 Å². The quantitative estimate of drug-likeness (QED) is 0.901. The van der Waals surface area contributed by atoms with Gasteiger partial charge in [-0.2, -0.15) is 5.10 Å². The first-order valence-corrected chi connectivity index (χ1v) is 7.30. The topological polar surface area (TPSA) is 29.9 Å². The van der Waals surface area contributed by atoms with Crippen LogP contribution in [0, 0.1) is 26.7 Å². The first kappa shape index (κ1) is 14.8. The molecular weight excluding hydrogens is 246 g/mol. The van der Waals surface area contributed by atoms with Crippen LogP contribution in [0.4, 0.5) is 0 Å². The molecule has 0 aliphatic heterocycles. The molecule has 0 spiro atoms. The van der Waals surface area contributed by atoms with Gasteiger partial charge in [0.15, 0.2) is 0 Å². The maximum absolute atomic E-state index is 4.54. The minimum Gasteiger partial charge on any atom is -0.312 e. The van der Waals surface area contributed by atoms with Gasteiger partial charge in [-0.25, -0.2) is 4.68 Å². The standard InChI is InChI=1S/C17H25N3/c1-12(2)9-18-10-16-11-19-20(15(16)5)17-7-13(3)6-14(4)8-17/h6-8,11-12,18H,9-10H2,1-5H3. The Morgan fingerprint density at radius 2 is 1.75 bits per heavy atom. The van der Waals surface area contributed by atoms with E-state index in [4.69, 9.17) is 0 Å². The smallest absolute Gasteiger partial charge is 0.0654 e. The van der Waals surface area contributed by atoms with Gasteiger partial charge in [0, 0.05) is 17.8 Å². The number of hydrogen-bond acceptors (Lipinski definition) is 2. The summed E-state index contributed by atoms with van der Waals surface area (Å²) in [5.74, 6) is 0.671. The average Bonchev–Trinajstić information content (AvgIpc) is 2.69. The van der Waals surface area contributed by atoms with E-state index in [1.54, 1.807) is 0 Å². The molecule has 1 heterocycles. The zero-order valence-electron chi connectivity index (χ0n) is 13.2. The minimum atomic E-state index is 0.671. The Kier molecular flexibility index (Phi) is 4.61. The van der Waals surface area contributed by atoms with E-state index in [0.717, 1.165) is 18.8 Å². The molecule has 0 bridgehead atoms. The molecule has 20 heavy (non-hydrogen) atoms. The Morgan fingerprint density at radius 3 is 2.35 bits per heavy atom. The Morgan fingerprint density at radius 1 is 1.10 bits per heavy atom. The second-order valence-corrected chi connectivity index (χ2v) is 6.04. The van der Waals surface area contributed by atoms with E-state index < -0.39 is 0 Å². The molecule has 3 nitrogen and oxygen atoms in total. The van der Waals surface area contributed by atoms with Gasteiger partial charge >= 0.3 is 0 Å². The van der Waals surface area contributed by atoms with Crippen LogP contribution in [0.2, 0.25) is 0 Å². The van der Waals surface area contributed by atoms with E-state index in [1.165, 1.54) is 22.4 Å². The maximum Gasteiger partial charge on any atom is 0.0654 e. The predicted molar refractivity (Wildman–Crippen MR) is 84.3 cm³/mol. The van der Waals surface area contributed by atoms with E-state index in [1.807, 2.05) is 10.9 Å². The fourth-order valence-electron chi connectivity index (χ4n) is 2.45. The second kappa shape index (κ2) is 6.23. The van der Waals surface area contributed by atoms with E-state index in [9.17, 15) is 0 Å². The molecule has 2 rings (SSSR count). The third kappa shape index (κ3) is 3.48. The molecule has 1 aromatic heterocycles. The van der Waals surface area contributed by atoms with Gasteiger partial charge in [0.05, 0.1) is 11.9 Å². The number of aromatic nitrogens is 2. The molecule has 0 saturated heterocycles. The summed E-state index contributed by atoms with van der Waals surface area (Å²) in [6.45, 7) is 12.7. The SMILES string of the molecule is Cc1cc(C)cc(-n2ncc(CNCC(C)C)c2C)c1. The third-order valence-corrected chi connectivity index (χ3v) is 3.43. The Balaban J connectivity index is 2.19. The first-order chi connectivity index (χ1) is 9.47. The van der Waals surface area contributed by atoms with E-state index >= 15 is 0 Å². The summed E-state index contributed by atoms with van der Waals surface area (Å²) in [6.07, 6.45) is 1.97. The highest BCUT2D eigenvalue weighted by Gasteiger charge is 2.08. The number of aryl methyl sites for hydroxylation is 2. The van der Waals surface area contributed by atoms with Crippen molar-refractivity contribution in [3.63, 3.8) is 0 Å². The van der Waals surface area contributed by atoms with Gasteiger partial charge in [-0.05, 0) is 56.5 Å². The van der Waals surface area contributed by atoms with Crippen molar-refractivity contribution in [2.24, 2.45) is 5.92 Å². The highest BCUT2D eigenvalue weighted by molar-refractivity contribution is 5.40. The number of nitrogens with one attached hydrogen (secondary N) is 1. The normalized spacial score (nSPS) is 11.3. The molecule has 2 aromatic rings. The van der Waals surface area contributed by atoms with Crippen LogP contribution in [0.25, 0.3) is 5.69 Å². The van der Waals surface area contributed by atoms with Gasteiger partial charge in [-0.15, -0.1) is 0 Å². The lowest BCUT2D eigenvalue weighted by molar-refractivity contribution is 0.551. The van der Waals surface area contributed by atoms with Crippen LogP contribution >= 0.6 is 0 Å². The summed E-state index contributed by atoms with van der Waals surface area (Å²) in [6, 6.07) is 6.55. The van der Waals surface area contributed by atoms with Gasteiger partial charge in [-0.3, -0.25) is 0 Å². The first-order valence-electron chi connectivity index (χ1n) is 7.30. The molecule has 0 amide bonds. The van der Waals surface area contributed by atoms with E-state index in [2.05, 4.69) is 63.2 Å². The summed E-state index contributed by atoms with van der Waals surface area (Å²) in [5, 5.41) is 8.02. The third-order valence-electron chi connectivity index (χ3n) is 3.43. The molecule has 0 fully saturated rings. The van der Waals surface area contributed by atoms with Crippen molar-refractivity contribution in [1.29, 1.82) is 0 Å². The van der Waals surface area contributed by atoms with Crippen LogP contribution in [0.5, 0.6) is 0 Å². The summed E-state index contributed by atoms with van der Waals surface area (Å²) in [4.78, 5) is 0. The highest BCUT2D eigenvalue weighted by atomic mass is 15.3. The van der Waals surface area contributed by atoms with E-state index in [0.29, 0.717) is 5.92 Å². The van der Waals surface area contributed by atoms with Crippen LogP contribution in [0.3, 0.4) is 0 Å². The van der Waals surface area contributed by atoms with Crippen molar-refractivity contribution in [1.82, 2.24) is 15.1 Å². The highest BCUT2D eigenvalue weighted by Crippen LogP contribution is 2.17. The van der Waals surface area contributed by atoms with Crippen LogP contribution < -0.4 is 5.32 Å². The van der Waals surface area contributed by atoms with Gasteiger partial charge < -0.3 is 5.32 Å². The average molecular weight is 271 g/mol. The zero-order valence-corrected chi connectivity index (χ0v) is 13.2. The summed E-state index contributed by atoms with van der Waals surface area (Å²) in [5.41, 5.74) is 6.18.